The van der Waals surface area contributed by atoms with E-state index in [4.69, 9.17) is 9.26 Å². The molecule has 2 amide bonds. The van der Waals surface area contributed by atoms with Gasteiger partial charge in [0.1, 0.15) is 5.82 Å². The minimum atomic E-state index is -0.370. The Morgan fingerprint density at radius 3 is 2.85 bits per heavy atom. The van der Waals surface area contributed by atoms with Gasteiger partial charge in [-0.2, -0.15) is 0 Å². The van der Waals surface area contributed by atoms with Crippen LogP contribution in [0.3, 0.4) is 0 Å². The van der Waals surface area contributed by atoms with Crippen LogP contribution >= 0.6 is 11.3 Å². The molecular weight excluding hydrogens is 373 g/mol. The number of carbonyl (C=O) groups excluding carboxylic acids is 2. The molecule has 0 saturated carbocycles. The van der Waals surface area contributed by atoms with Crippen molar-refractivity contribution in [2.24, 2.45) is 0 Å². The summed E-state index contributed by atoms with van der Waals surface area (Å²) in [5.74, 6) is -0.714. The third kappa shape index (κ3) is 4.08. The zero-order valence-electron chi connectivity index (χ0n) is 15.0. The van der Waals surface area contributed by atoms with Gasteiger partial charge in [-0.1, -0.05) is 0 Å². The van der Waals surface area contributed by atoms with Crippen molar-refractivity contribution < 1.29 is 23.2 Å². The fourth-order valence-electron chi connectivity index (χ4n) is 2.42. The van der Waals surface area contributed by atoms with Gasteiger partial charge < -0.3 is 19.5 Å². The van der Waals surface area contributed by atoms with Crippen molar-refractivity contribution in [3.63, 3.8) is 0 Å². The molecule has 0 bridgehead atoms. The molecule has 7 nitrogen and oxygen atoms in total. The number of nitrogens with one attached hydrogen (secondary N) is 1. The molecule has 142 valence electrons. The van der Waals surface area contributed by atoms with Crippen LogP contribution in [-0.2, 0) is 0 Å². The molecule has 2 heterocycles. The van der Waals surface area contributed by atoms with Gasteiger partial charge >= 0.3 is 0 Å². The molecule has 1 unspecified atom stereocenters. The molecule has 0 aliphatic heterocycles. The van der Waals surface area contributed by atoms with E-state index in [2.05, 4.69) is 10.5 Å². The van der Waals surface area contributed by atoms with Crippen molar-refractivity contribution in [2.45, 2.75) is 13.0 Å². The standard InChI is InChI=1S/C18H18FN3O4S/c1-10(22(2)18(24)13-8-16(25-3)21-26-13)9-20-17(23)15-7-11-6-12(19)4-5-14(11)27-15/h4-8,10H,9H2,1-3H3,(H,20,23). The number of rotatable bonds is 6. The Labute approximate surface area is 158 Å². The predicted octanol–water partition coefficient (Wildman–Crippen LogP) is 2.93. The van der Waals surface area contributed by atoms with Gasteiger partial charge in [0.25, 0.3) is 17.7 Å². The first-order valence-corrected chi connectivity index (χ1v) is 8.96. The van der Waals surface area contributed by atoms with Crippen LogP contribution in [0.2, 0.25) is 0 Å². The third-order valence-electron chi connectivity index (χ3n) is 4.15. The third-order valence-corrected chi connectivity index (χ3v) is 5.26. The Hall–Kier alpha value is -2.94. The fourth-order valence-corrected chi connectivity index (χ4v) is 3.38. The average molecular weight is 391 g/mol. The largest absolute Gasteiger partial charge is 0.479 e. The summed E-state index contributed by atoms with van der Waals surface area (Å²) in [6.45, 7) is 2.04. The second kappa shape index (κ2) is 7.75. The summed E-state index contributed by atoms with van der Waals surface area (Å²) in [6.07, 6.45) is 0. The van der Waals surface area contributed by atoms with E-state index in [-0.39, 0.29) is 41.9 Å². The lowest BCUT2D eigenvalue weighted by Gasteiger charge is -2.23. The number of methoxy groups -OCH3 is 1. The van der Waals surface area contributed by atoms with Crippen LogP contribution < -0.4 is 10.1 Å². The van der Waals surface area contributed by atoms with Gasteiger partial charge in [-0.3, -0.25) is 9.59 Å². The highest BCUT2D eigenvalue weighted by Gasteiger charge is 2.22. The number of hydrogen-bond acceptors (Lipinski definition) is 6. The van der Waals surface area contributed by atoms with E-state index in [0.29, 0.717) is 10.3 Å². The van der Waals surface area contributed by atoms with E-state index in [1.807, 2.05) is 0 Å². The first kappa shape index (κ1) is 18.8. The molecule has 2 aromatic heterocycles. The molecule has 27 heavy (non-hydrogen) atoms. The summed E-state index contributed by atoms with van der Waals surface area (Å²) in [6, 6.07) is 7.17. The van der Waals surface area contributed by atoms with Crippen LogP contribution in [0.15, 0.2) is 34.9 Å². The van der Waals surface area contributed by atoms with Crippen molar-refractivity contribution in [2.75, 3.05) is 20.7 Å². The Morgan fingerprint density at radius 1 is 1.37 bits per heavy atom. The van der Waals surface area contributed by atoms with E-state index in [9.17, 15) is 14.0 Å². The van der Waals surface area contributed by atoms with Gasteiger partial charge in [0.15, 0.2) is 0 Å². The molecule has 1 N–H and O–H groups in total. The number of fused-ring (bicyclic) bond motifs is 1. The van der Waals surface area contributed by atoms with Crippen molar-refractivity contribution in [3.8, 4) is 5.88 Å². The van der Waals surface area contributed by atoms with Gasteiger partial charge in [0.2, 0.25) is 5.76 Å². The second-order valence-corrected chi connectivity index (χ2v) is 7.09. The maximum absolute atomic E-state index is 13.3. The lowest BCUT2D eigenvalue weighted by molar-refractivity contribution is 0.0691. The summed E-state index contributed by atoms with van der Waals surface area (Å²) in [5, 5.41) is 7.07. The normalized spacial score (nSPS) is 12.0. The molecule has 3 aromatic rings. The van der Waals surface area contributed by atoms with Crippen molar-refractivity contribution in [3.05, 3.63) is 46.8 Å². The molecule has 0 aliphatic rings. The maximum atomic E-state index is 13.3. The van der Waals surface area contributed by atoms with Gasteiger partial charge in [-0.15, -0.1) is 11.3 Å². The van der Waals surface area contributed by atoms with Crippen LogP contribution in [-0.4, -0.2) is 48.6 Å². The van der Waals surface area contributed by atoms with E-state index < -0.39 is 0 Å². The molecular formula is C18H18FN3O4S. The number of carbonyl (C=O) groups is 2. The Morgan fingerprint density at radius 2 is 2.15 bits per heavy atom. The Kier molecular flexibility index (Phi) is 5.41. The van der Waals surface area contributed by atoms with Gasteiger partial charge in [0, 0.05) is 24.3 Å². The number of thiophene rings is 1. The van der Waals surface area contributed by atoms with Crippen molar-refractivity contribution >= 4 is 33.2 Å². The Bertz CT molecular complexity index is 984. The summed E-state index contributed by atoms with van der Waals surface area (Å²) in [5.41, 5.74) is 0. The number of likely N-dealkylation sites (N-methyl/N-ethyl adjacent to an activating group) is 1. The second-order valence-electron chi connectivity index (χ2n) is 6.00. The lowest BCUT2D eigenvalue weighted by Crippen LogP contribution is -2.42. The van der Waals surface area contributed by atoms with E-state index >= 15 is 0 Å². The minimum Gasteiger partial charge on any atom is -0.479 e. The summed E-state index contributed by atoms with van der Waals surface area (Å²) >= 11 is 1.29. The highest BCUT2D eigenvalue weighted by Crippen LogP contribution is 2.26. The molecule has 9 heteroatoms. The van der Waals surface area contributed by atoms with Crippen LogP contribution in [0.25, 0.3) is 10.1 Å². The van der Waals surface area contributed by atoms with Crippen molar-refractivity contribution in [1.82, 2.24) is 15.4 Å². The van der Waals surface area contributed by atoms with E-state index in [1.165, 1.54) is 41.5 Å². The average Bonchev–Trinajstić information content (AvgIpc) is 3.30. The summed E-state index contributed by atoms with van der Waals surface area (Å²) in [7, 11) is 3.03. The fraction of sp³-hybridized carbons (Fsp3) is 0.278. The summed E-state index contributed by atoms with van der Waals surface area (Å²) in [4.78, 5) is 26.7. The predicted molar refractivity (Wildman–Crippen MR) is 98.7 cm³/mol. The number of halogens is 1. The monoisotopic (exact) mass is 391 g/mol. The van der Waals surface area contributed by atoms with E-state index in [0.717, 1.165) is 4.70 Å². The summed E-state index contributed by atoms with van der Waals surface area (Å²) < 4.78 is 23.9. The Balaban J connectivity index is 1.60. The number of ether oxygens (including phenoxy) is 1. The molecule has 3 rings (SSSR count). The van der Waals surface area contributed by atoms with Gasteiger partial charge in [-0.05, 0) is 41.7 Å². The zero-order chi connectivity index (χ0) is 19.6. The van der Waals surface area contributed by atoms with Crippen LogP contribution in [0.1, 0.15) is 27.2 Å². The molecule has 0 aliphatic carbocycles. The number of aromatic nitrogens is 1. The van der Waals surface area contributed by atoms with E-state index in [1.54, 1.807) is 26.1 Å². The molecule has 0 radical (unpaired) electrons. The highest BCUT2D eigenvalue weighted by molar-refractivity contribution is 7.20. The lowest BCUT2D eigenvalue weighted by atomic mass is 10.2. The van der Waals surface area contributed by atoms with Crippen LogP contribution in [0.5, 0.6) is 5.88 Å². The van der Waals surface area contributed by atoms with Crippen LogP contribution in [0, 0.1) is 5.82 Å². The number of nitrogens with zero attached hydrogens (tertiary/aromatic N) is 2. The molecule has 0 spiro atoms. The number of benzene rings is 1. The quantitative estimate of drug-likeness (QED) is 0.698. The highest BCUT2D eigenvalue weighted by atomic mass is 32.1. The number of hydrogen-bond donors (Lipinski definition) is 1. The van der Waals surface area contributed by atoms with Gasteiger partial charge in [-0.25, -0.2) is 4.39 Å². The first-order chi connectivity index (χ1) is 12.9. The number of amides is 2. The molecule has 1 aromatic carbocycles. The minimum absolute atomic E-state index is 0.0547. The first-order valence-electron chi connectivity index (χ1n) is 8.14. The van der Waals surface area contributed by atoms with Gasteiger partial charge in [0.05, 0.1) is 18.1 Å². The van der Waals surface area contributed by atoms with Crippen molar-refractivity contribution in [1.29, 1.82) is 0 Å². The molecule has 0 saturated heterocycles. The molecule has 0 fully saturated rings. The topological polar surface area (TPSA) is 84.7 Å². The maximum Gasteiger partial charge on any atom is 0.292 e. The zero-order valence-corrected chi connectivity index (χ0v) is 15.8. The van der Waals surface area contributed by atoms with Crippen LogP contribution in [0.4, 0.5) is 4.39 Å². The molecule has 1 atom stereocenters. The SMILES string of the molecule is COc1cc(C(=O)N(C)C(C)CNC(=O)c2cc3cc(F)ccc3s2)on1. The smallest absolute Gasteiger partial charge is 0.292 e.